The van der Waals surface area contributed by atoms with Gasteiger partial charge in [-0.3, -0.25) is 14.7 Å². The van der Waals surface area contributed by atoms with Crippen LogP contribution in [0.2, 0.25) is 0 Å². The molecular weight excluding hydrogens is 406 g/mol. The molecule has 0 fully saturated rings. The molecule has 0 N–H and O–H groups in total. The molecule has 0 bridgehead atoms. The van der Waals surface area contributed by atoms with Gasteiger partial charge in [0, 0.05) is 11.8 Å². The van der Waals surface area contributed by atoms with Crippen LogP contribution in [-0.2, 0) is 13.0 Å². The number of aromatic nitrogens is 2. The van der Waals surface area contributed by atoms with Gasteiger partial charge >= 0.3 is 0 Å². The molecule has 4 rings (SSSR count). The number of amides is 1. The molecule has 4 aromatic rings. The molecule has 2 aromatic carbocycles. The van der Waals surface area contributed by atoms with E-state index in [1.165, 1.54) is 16.9 Å². The molecule has 0 radical (unpaired) electrons. The minimum Gasteiger partial charge on any atom is -0.491 e. The lowest BCUT2D eigenvalue weighted by molar-refractivity contribution is 0.0985. The van der Waals surface area contributed by atoms with Crippen LogP contribution in [0.5, 0.6) is 5.75 Å². The Hall–Kier alpha value is -3.25. The summed E-state index contributed by atoms with van der Waals surface area (Å²) in [6, 6.07) is 19.2. The van der Waals surface area contributed by atoms with E-state index >= 15 is 0 Å². The van der Waals surface area contributed by atoms with E-state index < -0.39 is 0 Å². The third-order valence-electron chi connectivity index (χ3n) is 4.85. The van der Waals surface area contributed by atoms with E-state index in [0.29, 0.717) is 17.2 Å². The highest BCUT2D eigenvalue weighted by Crippen LogP contribution is 2.31. The Morgan fingerprint density at radius 2 is 1.90 bits per heavy atom. The fraction of sp³-hybridized carbons (Fsp3) is 0.240. The smallest absolute Gasteiger partial charge is 0.260 e. The van der Waals surface area contributed by atoms with Crippen molar-refractivity contribution in [2.45, 2.75) is 39.8 Å². The number of aryl methyl sites for hydroxylation is 1. The second-order valence-corrected chi connectivity index (χ2v) is 8.56. The summed E-state index contributed by atoms with van der Waals surface area (Å²) in [5.41, 5.74) is 3.55. The van der Waals surface area contributed by atoms with Gasteiger partial charge in [-0.05, 0) is 74.4 Å². The topological polar surface area (TPSA) is 55.3 Å². The van der Waals surface area contributed by atoms with Crippen LogP contribution in [0.3, 0.4) is 0 Å². The second kappa shape index (κ2) is 9.27. The van der Waals surface area contributed by atoms with Gasteiger partial charge in [0.2, 0.25) is 0 Å². The average molecular weight is 432 g/mol. The standard InChI is InChI=1S/C25H25N3O2S/c1-4-18-8-13-22-23(15-18)31-25(27-22)28(16-20-7-5-6-14-26-20)24(29)19-9-11-21(12-10-19)30-17(2)3/h5-15,17H,4,16H2,1-3H3. The first-order chi connectivity index (χ1) is 15.0. The highest BCUT2D eigenvalue weighted by Gasteiger charge is 2.22. The second-order valence-electron chi connectivity index (χ2n) is 7.56. The predicted molar refractivity (Wildman–Crippen MR) is 126 cm³/mol. The molecule has 158 valence electrons. The highest BCUT2D eigenvalue weighted by atomic mass is 32.1. The molecule has 0 aliphatic carbocycles. The van der Waals surface area contributed by atoms with E-state index in [2.05, 4.69) is 24.0 Å². The number of hydrogen-bond donors (Lipinski definition) is 0. The van der Waals surface area contributed by atoms with Gasteiger partial charge in [0.25, 0.3) is 5.91 Å². The SMILES string of the molecule is CCc1ccc2nc(N(Cc3ccccn3)C(=O)c3ccc(OC(C)C)cc3)sc2c1. The van der Waals surface area contributed by atoms with Crippen molar-refractivity contribution in [2.75, 3.05) is 4.90 Å². The molecule has 0 saturated heterocycles. The number of hydrogen-bond acceptors (Lipinski definition) is 5. The summed E-state index contributed by atoms with van der Waals surface area (Å²) in [5, 5.41) is 0.668. The van der Waals surface area contributed by atoms with Crippen LogP contribution in [0, 0.1) is 0 Å². The maximum atomic E-state index is 13.5. The zero-order chi connectivity index (χ0) is 21.8. The Labute approximate surface area is 186 Å². The number of nitrogens with zero attached hydrogens (tertiary/aromatic N) is 3. The van der Waals surface area contributed by atoms with Crippen molar-refractivity contribution in [1.29, 1.82) is 0 Å². The summed E-state index contributed by atoms with van der Waals surface area (Å²) < 4.78 is 6.78. The molecule has 2 heterocycles. The number of ether oxygens (including phenoxy) is 1. The van der Waals surface area contributed by atoms with Crippen molar-refractivity contribution in [3.8, 4) is 5.75 Å². The van der Waals surface area contributed by atoms with Crippen LogP contribution < -0.4 is 9.64 Å². The van der Waals surface area contributed by atoms with Gasteiger partial charge < -0.3 is 4.74 Å². The van der Waals surface area contributed by atoms with Gasteiger partial charge in [0.15, 0.2) is 5.13 Å². The van der Waals surface area contributed by atoms with E-state index in [4.69, 9.17) is 9.72 Å². The molecule has 6 heteroatoms. The van der Waals surface area contributed by atoms with Gasteiger partial charge in [-0.15, -0.1) is 0 Å². The lowest BCUT2D eigenvalue weighted by atomic mass is 10.2. The van der Waals surface area contributed by atoms with Crippen molar-refractivity contribution in [2.24, 2.45) is 0 Å². The summed E-state index contributed by atoms with van der Waals surface area (Å²) in [5.74, 6) is 0.631. The molecular formula is C25H25N3O2S. The average Bonchev–Trinajstić information content (AvgIpc) is 3.20. The van der Waals surface area contributed by atoms with E-state index in [9.17, 15) is 4.79 Å². The molecule has 31 heavy (non-hydrogen) atoms. The third kappa shape index (κ3) is 4.91. The Bertz CT molecular complexity index is 1170. The molecule has 0 atom stereocenters. The fourth-order valence-corrected chi connectivity index (χ4v) is 4.30. The van der Waals surface area contributed by atoms with Gasteiger partial charge in [0.1, 0.15) is 5.75 Å². The summed E-state index contributed by atoms with van der Waals surface area (Å²) in [6.07, 6.45) is 2.78. The van der Waals surface area contributed by atoms with Crippen molar-refractivity contribution in [3.63, 3.8) is 0 Å². The summed E-state index contributed by atoms with van der Waals surface area (Å²) in [7, 11) is 0. The maximum absolute atomic E-state index is 13.5. The highest BCUT2D eigenvalue weighted by molar-refractivity contribution is 7.22. The van der Waals surface area contributed by atoms with Crippen LogP contribution in [0.15, 0.2) is 66.9 Å². The first-order valence-electron chi connectivity index (χ1n) is 10.4. The normalized spacial score (nSPS) is 11.1. The molecule has 0 spiro atoms. The monoisotopic (exact) mass is 431 g/mol. The zero-order valence-electron chi connectivity index (χ0n) is 17.9. The molecule has 0 aliphatic rings. The number of anilines is 1. The summed E-state index contributed by atoms with van der Waals surface area (Å²) in [4.78, 5) is 24.4. The fourth-order valence-electron chi connectivity index (χ4n) is 3.28. The van der Waals surface area contributed by atoms with Crippen molar-refractivity contribution >= 4 is 32.6 Å². The van der Waals surface area contributed by atoms with Gasteiger partial charge in [-0.2, -0.15) is 0 Å². The predicted octanol–water partition coefficient (Wildman–Crippen LogP) is 5.89. The molecule has 0 saturated carbocycles. The lowest BCUT2D eigenvalue weighted by Crippen LogP contribution is -2.30. The first kappa shape index (κ1) is 21.0. The van der Waals surface area contributed by atoms with Gasteiger partial charge in [-0.1, -0.05) is 30.4 Å². The van der Waals surface area contributed by atoms with E-state index in [0.717, 1.165) is 28.1 Å². The summed E-state index contributed by atoms with van der Waals surface area (Å²) in [6.45, 7) is 6.44. The van der Waals surface area contributed by atoms with Crippen LogP contribution in [0.25, 0.3) is 10.2 Å². The largest absolute Gasteiger partial charge is 0.491 e. The Morgan fingerprint density at radius 3 is 2.58 bits per heavy atom. The van der Waals surface area contributed by atoms with Crippen LogP contribution >= 0.6 is 11.3 Å². The number of rotatable bonds is 7. The van der Waals surface area contributed by atoms with Crippen molar-refractivity contribution in [3.05, 3.63) is 83.7 Å². The molecule has 5 nitrogen and oxygen atoms in total. The van der Waals surface area contributed by atoms with E-state index in [-0.39, 0.29) is 12.0 Å². The van der Waals surface area contributed by atoms with Crippen molar-refractivity contribution < 1.29 is 9.53 Å². The number of pyridine rings is 1. The molecule has 0 aliphatic heterocycles. The lowest BCUT2D eigenvalue weighted by Gasteiger charge is -2.20. The number of thiazole rings is 1. The van der Waals surface area contributed by atoms with Crippen LogP contribution in [0.1, 0.15) is 42.4 Å². The van der Waals surface area contributed by atoms with Crippen LogP contribution in [-0.4, -0.2) is 22.0 Å². The number of benzene rings is 2. The van der Waals surface area contributed by atoms with Crippen LogP contribution in [0.4, 0.5) is 5.13 Å². The zero-order valence-corrected chi connectivity index (χ0v) is 18.7. The molecule has 1 amide bonds. The third-order valence-corrected chi connectivity index (χ3v) is 5.89. The Morgan fingerprint density at radius 1 is 1.10 bits per heavy atom. The van der Waals surface area contributed by atoms with Crippen molar-refractivity contribution in [1.82, 2.24) is 9.97 Å². The maximum Gasteiger partial charge on any atom is 0.260 e. The Balaban J connectivity index is 1.69. The molecule has 2 aromatic heterocycles. The van der Waals surface area contributed by atoms with E-state index in [1.54, 1.807) is 23.2 Å². The number of fused-ring (bicyclic) bond motifs is 1. The summed E-state index contributed by atoms with van der Waals surface area (Å²) >= 11 is 1.53. The number of carbonyl (C=O) groups excluding carboxylic acids is 1. The Kier molecular flexibility index (Phi) is 6.28. The molecule has 0 unspecified atom stereocenters. The van der Waals surface area contributed by atoms with Gasteiger partial charge in [-0.25, -0.2) is 4.98 Å². The minimum atomic E-state index is -0.114. The first-order valence-corrected chi connectivity index (χ1v) is 11.2. The number of carbonyl (C=O) groups is 1. The quantitative estimate of drug-likeness (QED) is 0.366. The van der Waals surface area contributed by atoms with E-state index in [1.807, 2.05) is 50.2 Å². The van der Waals surface area contributed by atoms with Gasteiger partial charge in [0.05, 0.1) is 28.6 Å². The minimum absolute atomic E-state index is 0.0814.